The Hall–Kier alpha value is -3.00. The summed E-state index contributed by atoms with van der Waals surface area (Å²) in [7, 11) is 0.0929. The van der Waals surface area contributed by atoms with E-state index in [9.17, 15) is 13.2 Å². The average Bonchev–Trinajstić information content (AvgIpc) is 2.66. The van der Waals surface area contributed by atoms with E-state index in [1.165, 1.54) is 45.6 Å². The van der Waals surface area contributed by atoms with Crippen LogP contribution >= 0.6 is 0 Å². The minimum Gasteiger partial charge on any atom is -0.497 e. The molecule has 2 aromatic rings. The Bertz CT molecular complexity index is 962. The maximum absolute atomic E-state index is 12.6. The van der Waals surface area contributed by atoms with Gasteiger partial charge >= 0.3 is 16.1 Å². The monoisotopic (exact) mass is 392 g/mol. The molecule has 8 heteroatoms. The lowest BCUT2D eigenvalue weighted by Gasteiger charge is -2.13. The number of carbonyl (C=O) groups is 1. The van der Waals surface area contributed by atoms with Crippen molar-refractivity contribution in [1.82, 2.24) is 0 Å². The predicted molar refractivity (Wildman–Crippen MR) is 99.6 cm³/mol. The first kappa shape index (κ1) is 20.3. The Morgan fingerprint density at radius 3 is 2.30 bits per heavy atom. The van der Waals surface area contributed by atoms with Crippen LogP contribution in [0.1, 0.15) is 11.1 Å². The maximum Gasteiger partial charge on any atom is 0.339 e. The highest BCUT2D eigenvalue weighted by molar-refractivity contribution is 7.87. The third kappa shape index (κ3) is 5.01. The van der Waals surface area contributed by atoms with Gasteiger partial charge in [0, 0.05) is 6.08 Å². The van der Waals surface area contributed by atoms with E-state index >= 15 is 0 Å². The smallest absolute Gasteiger partial charge is 0.339 e. The number of hydrogen-bond donors (Lipinski definition) is 0. The second-order valence-electron chi connectivity index (χ2n) is 5.44. The molecule has 144 valence electrons. The van der Waals surface area contributed by atoms with E-state index < -0.39 is 16.1 Å². The molecule has 0 saturated heterocycles. The van der Waals surface area contributed by atoms with Crippen molar-refractivity contribution in [2.75, 3.05) is 21.3 Å². The highest BCUT2D eigenvalue weighted by Crippen LogP contribution is 2.32. The number of hydrogen-bond acceptors (Lipinski definition) is 7. The summed E-state index contributed by atoms with van der Waals surface area (Å²) in [6.07, 6.45) is 2.76. The molecule has 2 aromatic carbocycles. The summed E-state index contributed by atoms with van der Waals surface area (Å²) in [4.78, 5) is 11.2. The fourth-order valence-corrected chi connectivity index (χ4v) is 3.43. The third-order valence-corrected chi connectivity index (χ3v) is 5.05. The lowest BCUT2D eigenvalue weighted by Crippen LogP contribution is -2.12. The van der Waals surface area contributed by atoms with Crippen LogP contribution in [0.3, 0.4) is 0 Å². The number of rotatable bonds is 7. The largest absolute Gasteiger partial charge is 0.497 e. The second-order valence-corrected chi connectivity index (χ2v) is 6.95. The first-order valence-corrected chi connectivity index (χ1v) is 9.24. The number of aryl methyl sites for hydroxylation is 1. The molecule has 0 aliphatic rings. The summed E-state index contributed by atoms with van der Waals surface area (Å²) in [5.74, 6) is 0.275. The lowest BCUT2D eigenvalue weighted by atomic mass is 10.2. The van der Waals surface area contributed by atoms with Crippen LogP contribution in [-0.4, -0.2) is 35.7 Å². The summed E-state index contributed by atoms with van der Waals surface area (Å²) in [6.45, 7) is 1.65. The predicted octanol–water partition coefficient (Wildman–Crippen LogP) is 2.97. The van der Waals surface area contributed by atoms with Gasteiger partial charge in [0.05, 0.1) is 21.3 Å². The molecule has 27 heavy (non-hydrogen) atoms. The Kier molecular flexibility index (Phi) is 6.46. The molecule has 0 fully saturated rings. The van der Waals surface area contributed by atoms with Gasteiger partial charge < -0.3 is 18.4 Å². The summed E-state index contributed by atoms with van der Waals surface area (Å²) in [5.41, 5.74) is 1.11. The van der Waals surface area contributed by atoms with Gasteiger partial charge in [0.15, 0.2) is 11.5 Å². The van der Waals surface area contributed by atoms with E-state index in [1.54, 1.807) is 31.2 Å². The van der Waals surface area contributed by atoms with Crippen molar-refractivity contribution in [2.45, 2.75) is 11.8 Å². The van der Waals surface area contributed by atoms with Crippen LogP contribution < -0.4 is 13.7 Å². The van der Waals surface area contributed by atoms with Gasteiger partial charge in [-0.2, -0.15) is 8.42 Å². The molecule has 2 rings (SSSR count). The number of methoxy groups -OCH3 is 3. The van der Waals surface area contributed by atoms with E-state index in [-0.39, 0.29) is 16.4 Å². The van der Waals surface area contributed by atoms with Crippen molar-refractivity contribution < 1.29 is 31.6 Å². The van der Waals surface area contributed by atoms with E-state index in [0.717, 1.165) is 0 Å². The minimum atomic E-state index is -4.07. The minimum absolute atomic E-state index is 0.0278. The SMILES string of the molecule is COC(=O)C=Cc1ccc(OS(=O)(=O)c2ccc(OC)cc2C)c(OC)c1. The Morgan fingerprint density at radius 2 is 1.70 bits per heavy atom. The van der Waals surface area contributed by atoms with Crippen LogP contribution in [0.2, 0.25) is 0 Å². The molecule has 0 amide bonds. The molecule has 0 saturated carbocycles. The zero-order valence-corrected chi connectivity index (χ0v) is 16.2. The Morgan fingerprint density at radius 1 is 0.963 bits per heavy atom. The highest BCUT2D eigenvalue weighted by Gasteiger charge is 2.21. The molecule has 7 nitrogen and oxygen atoms in total. The summed E-state index contributed by atoms with van der Waals surface area (Å²) >= 11 is 0. The molecule has 0 spiro atoms. The van der Waals surface area contributed by atoms with Gasteiger partial charge in [-0.1, -0.05) is 6.07 Å². The Balaban J connectivity index is 2.33. The summed E-state index contributed by atoms with van der Waals surface area (Å²) in [6, 6.07) is 9.16. The fourth-order valence-electron chi connectivity index (χ4n) is 2.28. The number of benzene rings is 2. The van der Waals surface area contributed by atoms with Crippen LogP contribution in [-0.2, 0) is 19.6 Å². The standard InChI is InChI=1S/C19H20O7S/c1-13-11-15(23-2)7-9-18(13)27(21,22)26-16-8-5-14(12-17(16)24-3)6-10-19(20)25-4/h5-12H,1-4H3. The van der Waals surface area contributed by atoms with Gasteiger partial charge in [0.25, 0.3) is 0 Å². The van der Waals surface area contributed by atoms with Crippen LogP contribution in [0.25, 0.3) is 6.08 Å². The molecular weight excluding hydrogens is 372 g/mol. The molecule has 0 unspecified atom stereocenters. The van der Waals surface area contributed by atoms with Gasteiger partial charge in [-0.05, 0) is 54.5 Å². The molecule has 0 atom stereocenters. The van der Waals surface area contributed by atoms with Crippen molar-refractivity contribution >= 4 is 22.2 Å². The van der Waals surface area contributed by atoms with Crippen molar-refractivity contribution in [2.24, 2.45) is 0 Å². The molecule has 0 aliphatic carbocycles. The summed E-state index contributed by atoms with van der Waals surface area (Å²) < 4.78 is 45.3. The molecule has 0 bridgehead atoms. The normalized spacial score (nSPS) is 11.3. The quantitative estimate of drug-likeness (QED) is 0.407. The van der Waals surface area contributed by atoms with Crippen molar-refractivity contribution in [1.29, 1.82) is 0 Å². The van der Waals surface area contributed by atoms with Gasteiger partial charge in [-0.3, -0.25) is 0 Å². The topological polar surface area (TPSA) is 88.1 Å². The van der Waals surface area contributed by atoms with E-state index in [1.807, 2.05) is 0 Å². The molecule has 0 N–H and O–H groups in total. The van der Waals surface area contributed by atoms with Crippen molar-refractivity contribution in [3.63, 3.8) is 0 Å². The lowest BCUT2D eigenvalue weighted by molar-refractivity contribution is -0.134. The van der Waals surface area contributed by atoms with Crippen molar-refractivity contribution in [3.05, 3.63) is 53.6 Å². The van der Waals surface area contributed by atoms with Crippen molar-refractivity contribution in [3.8, 4) is 17.2 Å². The zero-order valence-electron chi connectivity index (χ0n) is 15.4. The molecule has 0 aliphatic heterocycles. The first-order valence-electron chi connectivity index (χ1n) is 7.84. The van der Waals surface area contributed by atoms with Gasteiger partial charge in [-0.15, -0.1) is 0 Å². The first-order chi connectivity index (χ1) is 12.8. The Labute approximate surface area is 158 Å². The maximum atomic E-state index is 12.6. The van der Waals surface area contributed by atoms with Gasteiger partial charge in [-0.25, -0.2) is 4.79 Å². The fraction of sp³-hybridized carbons (Fsp3) is 0.211. The third-order valence-electron chi connectivity index (χ3n) is 3.65. The van der Waals surface area contributed by atoms with Crippen LogP contribution in [0, 0.1) is 6.92 Å². The number of carbonyl (C=O) groups excluding carboxylic acids is 1. The number of esters is 1. The molecular formula is C19H20O7S. The van der Waals surface area contributed by atoms with Crippen LogP contribution in [0.15, 0.2) is 47.4 Å². The second kappa shape index (κ2) is 8.59. The van der Waals surface area contributed by atoms with Crippen LogP contribution in [0.5, 0.6) is 17.2 Å². The average molecular weight is 392 g/mol. The van der Waals surface area contributed by atoms with E-state index in [0.29, 0.717) is 16.9 Å². The highest BCUT2D eigenvalue weighted by atomic mass is 32.2. The van der Waals surface area contributed by atoms with Gasteiger partial charge in [0.1, 0.15) is 10.6 Å². The summed E-state index contributed by atoms with van der Waals surface area (Å²) in [5, 5.41) is 0. The van der Waals surface area contributed by atoms with E-state index in [2.05, 4.69) is 4.74 Å². The molecule has 0 heterocycles. The van der Waals surface area contributed by atoms with Gasteiger partial charge in [0.2, 0.25) is 0 Å². The zero-order chi connectivity index (χ0) is 20.0. The molecule has 0 radical (unpaired) electrons. The number of ether oxygens (including phenoxy) is 3. The van der Waals surface area contributed by atoms with Crippen LogP contribution in [0.4, 0.5) is 0 Å². The molecule has 0 aromatic heterocycles. The van der Waals surface area contributed by atoms with E-state index in [4.69, 9.17) is 13.7 Å².